The lowest BCUT2D eigenvalue weighted by molar-refractivity contribution is 0.0686. The van der Waals surface area contributed by atoms with Crippen LogP contribution in [0.15, 0.2) is 18.2 Å². The molecule has 106 valence electrons. The van der Waals surface area contributed by atoms with E-state index in [0.717, 1.165) is 5.56 Å². The van der Waals surface area contributed by atoms with Crippen LogP contribution >= 0.6 is 0 Å². The molecule has 1 heterocycles. The molecule has 1 N–H and O–H groups in total. The average molecular weight is 276 g/mol. The van der Waals surface area contributed by atoms with E-state index in [9.17, 15) is 9.90 Å². The molecule has 0 fully saturated rings. The van der Waals surface area contributed by atoms with E-state index in [2.05, 4.69) is 5.10 Å². The quantitative estimate of drug-likeness (QED) is 0.925. The molecule has 0 saturated heterocycles. The summed E-state index contributed by atoms with van der Waals surface area (Å²) in [5, 5.41) is 13.5. The van der Waals surface area contributed by atoms with Crippen molar-refractivity contribution in [3.63, 3.8) is 0 Å². The largest absolute Gasteiger partial charge is 0.493 e. The van der Waals surface area contributed by atoms with E-state index in [4.69, 9.17) is 9.47 Å². The van der Waals surface area contributed by atoms with Crippen LogP contribution in [0.1, 0.15) is 16.2 Å². The molecule has 0 amide bonds. The highest BCUT2D eigenvalue weighted by Crippen LogP contribution is 2.35. The number of aryl methyl sites for hydroxylation is 2. The second-order valence-corrected chi connectivity index (χ2v) is 4.31. The average Bonchev–Trinajstić information content (AvgIpc) is 2.72. The summed E-state index contributed by atoms with van der Waals surface area (Å²) in [4.78, 5) is 11.4. The predicted molar refractivity (Wildman–Crippen MR) is 73.4 cm³/mol. The van der Waals surface area contributed by atoms with Crippen molar-refractivity contribution in [1.82, 2.24) is 9.78 Å². The van der Waals surface area contributed by atoms with E-state index in [0.29, 0.717) is 22.8 Å². The van der Waals surface area contributed by atoms with Crippen molar-refractivity contribution in [2.45, 2.75) is 6.92 Å². The van der Waals surface area contributed by atoms with Gasteiger partial charge in [0.05, 0.1) is 19.9 Å². The minimum absolute atomic E-state index is 0.148. The molecule has 0 atom stereocenters. The zero-order valence-electron chi connectivity index (χ0n) is 11.8. The van der Waals surface area contributed by atoms with Crippen LogP contribution in [0.25, 0.3) is 11.1 Å². The van der Waals surface area contributed by atoms with Gasteiger partial charge >= 0.3 is 5.97 Å². The number of carboxylic acid groups (broad SMARTS) is 1. The Morgan fingerprint density at radius 3 is 2.45 bits per heavy atom. The van der Waals surface area contributed by atoms with E-state index < -0.39 is 5.97 Å². The summed E-state index contributed by atoms with van der Waals surface area (Å²) in [5.41, 5.74) is 2.11. The van der Waals surface area contributed by atoms with Crippen LogP contribution < -0.4 is 9.47 Å². The van der Waals surface area contributed by atoms with Crippen molar-refractivity contribution in [1.29, 1.82) is 0 Å². The van der Waals surface area contributed by atoms with Gasteiger partial charge in [0, 0.05) is 12.6 Å². The molecular formula is C14H16N2O4. The normalized spacial score (nSPS) is 10.4. The van der Waals surface area contributed by atoms with Crippen LogP contribution in [0.3, 0.4) is 0 Å². The third-order valence-electron chi connectivity index (χ3n) is 3.10. The first kappa shape index (κ1) is 13.9. The fourth-order valence-electron chi connectivity index (χ4n) is 2.24. The highest BCUT2D eigenvalue weighted by atomic mass is 16.5. The number of aromatic nitrogens is 2. The molecule has 0 aliphatic rings. The van der Waals surface area contributed by atoms with Gasteiger partial charge in [0.1, 0.15) is 0 Å². The Balaban J connectivity index is 2.66. The van der Waals surface area contributed by atoms with Crippen LogP contribution in [-0.4, -0.2) is 35.1 Å². The Morgan fingerprint density at radius 1 is 1.25 bits per heavy atom. The summed E-state index contributed by atoms with van der Waals surface area (Å²) in [5.74, 6) is 0.122. The molecule has 6 heteroatoms. The van der Waals surface area contributed by atoms with Crippen LogP contribution in [0.2, 0.25) is 0 Å². The number of benzene rings is 1. The second kappa shape index (κ2) is 5.24. The number of carboxylic acids is 1. The molecular weight excluding hydrogens is 260 g/mol. The van der Waals surface area contributed by atoms with Gasteiger partial charge in [-0.05, 0) is 24.6 Å². The third-order valence-corrected chi connectivity index (χ3v) is 3.10. The minimum atomic E-state index is -1.02. The Morgan fingerprint density at radius 2 is 1.90 bits per heavy atom. The van der Waals surface area contributed by atoms with Crippen LogP contribution in [0.5, 0.6) is 11.5 Å². The molecule has 0 radical (unpaired) electrons. The predicted octanol–water partition coefficient (Wildman–Crippen LogP) is 2.11. The van der Waals surface area contributed by atoms with Gasteiger partial charge in [-0.2, -0.15) is 5.10 Å². The van der Waals surface area contributed by atoms with Crippen LogP contribution in [0, 0.1) is 6.92 Å². The highest BCUT2D eigenvalue weighted by Gasteiger charge is 2.21. The van der Waals surface area contributed by atoms with Crippen molar-refractivity contribution < 1.29 is 19.4 Å². The summed E-state index contributed by atoms with van der Waals surface area (Å²) in [6, 6.07) is 5.28. The summed E-state index contributed by atoms with van der Waals surface area (Å²) in [7, 11) is 4.70. The van der Waals surface area contributed by atoms with Gasteiger partial charge in [-0.15, -0.1) is 0 Å². The van der Waals surface area contributed by atoms with E-state index in [-0.39, 0.29) is 5.69 Å². The minimum Gasteiger partial charge on any atom is -0.493 e. The molecule has 6 nitrogen and oxygen atoms in total. The number of methoxy groups -OCH3 is 2. The number of carbonyl (C=O) groups is 1. The molecule has 2 rings (SSSR count). The summed E-state index contributed by atoms with van der Waals surface area (Å²) < 4.78 is 11.8. The maximum Gasteiger partial charge on any atom is 0.354 e. The first-order chi connectivity index (χ1) is 9.49. The zero-order valence-corrected chi connectivity index (χ0v) is 11.8. The number of aromatic carboxylic acids is 1. The fraction of sp³-hybridized carbons (Fsp3) is 0.286. The number of nitrogens with zero attached hydrogens (tertiary/aromatic N) is 2. The van der Waals surface area contributed by atoms with Crippen molar-refractivity contribution in [3.8, 4) is 22.6 Å². The molecule has 20 heavy (non-hydrogen) atoms. The zero-order chi connectivity index (χ0) is 14.9. The topological polar surface area (TPSA) is 73.6 Å². The third kappa shape index (κ3) is 2.20. The maximum atomic E-state index is 11.4. The van der Waals surface area contributed by atoms with Gasteiger partial charge in [-0.25, -0.2) is 4.79 Å². The van der Waals surface area contributed by atoms with Crippen molar-refractivity contribution in [3.05, 3.63) is 29.6 Å². The lowest BCUT2D eigenvalue weighted by Crippen LogP contribution is -2.06. The summed E-state index contributed by atoms with van der Waals surface area (Å²) in [6.07, 6.45) is 0. The molecule has 2 aromatic rings. The lowest BCUT2D eigenvalue weighted by atomic mass is 10.0. The Kier molecular flexibility index (Phi) is 3.65. The van der Waals surface area contributed by atoms with E-state index in [1.807, 2.05) is 0 Å². The molecule has 1 aromatic carbocycles. The van der Waals surface area contributed by atoms with Crippen molar-refractivity contribution >= 4 is 5.97 Å². The Bertz CT molecular complexity index is 661. The monoisotopic (exact) mass is 276 g/mol. The number of hydrogen-bond acceptors (Lipinski definition) is 4. The van der Waals surface area contributed by atoms with E-state index in [1.165, 1.54) is 11.8 Å². The number of hydrogen-bond donors (Lipinski definition) is 1. The number of rotatable bonds is 4. The van der Waals surface area contributed by atoms with E-state index >= 15 is 0 Å². The molecule has 0 aliphatic heterocycles. The molecule has 0 bridgehead atoms. The van der Waals surface area contributed by atoms with Crippen LogP contribution in [0.4, 0.5) is 0 Å². The van der Waals surface area contributed by atoms with Gasteiger partial charge in [0.15, 0.2) is 17.2 Å². The van der Waals surface area contributed by atoms with Crippen molar-refractivity contribution in [2.75, 3.05) is 14.2 Å². The molecule has 1 aromatic heterocycles. The standard InChI is InChI=1S/C14H16N2O4/c1-8-12(13(14(17)18)16(2)15-8)9-5-6-10(19-3)11(7-9)20-4/h5-7H,1-4H3,(H,17,18). The fourth-order valence-corrected chi connectivity index (χ4v) is 2.24. The number of ether oxygens (including phenoxy) is 2. The first-order valence-corrected chi connectivity index (χ1v) is 5.98. The van der Waals surface area contributed by atoms with Gasteiger partial charge in [0.25, 0.3) is 0 Å². The second-order valence-electron chi connectivity index (χ2n) is 4.31. The molecule has 0 saturated carbocycles. The smallest absolute Gasteiger partial charge is 0.354 e. The Hall–Kier alpha value is -2.50. The SMILES string of the molecule is COc1ccc(-c2c(C)nn(C)c2C(=O)O)cc1OC. The van der Waals surface area contributed by atoms with Crippen LogP contribution in [-0.2, 0) is 7.05 Å². The summed E-state index contributed by atoms with van der Waals surface area (Å²) >= 11 is 0. The summed E-state index contributed by atoms with van der Waals surface area (Å²) in [6.45, 7) is 1.78. The lowest BCUT2D eigenvalue weighted by Gasteiger charge is -2.10. The molecule has 0 spiro atoms. The molecule has 0 aliphatic carbocycles. The van der Waals surface area contributed by atoms with Gasteiger partial charge in [-0.3, -0.25) is 4.68 Å². The highest BCUT2D eigenvalue weighted by molar-refractivity contribution is 5.95. The van der Waals surface area contributed by atoms with Gasteiger partial charge < -0.3 is 14.6 Å². The van der Waals surface area contributed by atoms with Gasteiger partial charge in [0.2, 0.25) is 0 Å². The van der Waals surface area contributed by atoms with Gasteiger partial charge in [-0.1, -0.05) is 6.07 Å². The maximum absolute atomic E-state index is 11.4. The Labute approximate surface area is 116 Å². The van der Waals surface area contributed by atoms with E-state index in [1.54, 1.807) is 39.3 Å². The van der Waals surface area contributed by atoms with Crippen molar-refractivity contribution in [2.24, 2.45) is 7.05 Å². The molecule has 0 unspecified atom stereocenters. The first-order valence-electron chi connectivity index (χ1n) is 5.98.